The van der Waals surface area contributed by atoms with Gasteiger partial charge in [-0.2, -0.15) is 0 Å². The number of rotatable bonds is 3. The van der Waals surface area contributed by atoms with Crippen molar-refractivity contribution in [3.8, 4) is 0 Å². The summed E-state index contributed by atoms with van der Waals surface area (Å²) in [5.74, 6) is -0.343. The zero-order chi connectivity index (χ0) is 16.6. The van der Waals surface area contributed by atoms with Gasteiger partial charge in [-0.05, 0) is 44.0 Å². The number of amides is 2. The van der Waals surface area contributed by atoms with E-state index in [0.717, 1.165) is 28.1 Å². The van der Waals surface area contributed by atoms with E-state index in [9.17, 15) is 9.59 Å². The van der Waals surface area contributed by atoms with Crippen LogP contribution in [0.15, 0.2) is 42.5 Å². The first-order chi connectivity index (χ1) is 11.0. The molecule has 0 aliphatic carbocycles. The molecule has 1 aliphatic heterocycles. The van der Waals surface area contributed by atoms with Gasteiger partial charge >= 0.3 is 0 Å². The molecule has 2 aromatic carbocycles. The summed E-state index contributed by atoms with van der Waals surface area (Å²) in [4.78, 5) is 26.5. The van der Waals surface area contributed by atoms with E-state index in [1.807, 2.05) is 63.2 Å². The fraction of sp³-hybridized carbons (Fsp3) is 0.263. The van der Waals surface area contributed by atoms with Gasteiger partial charge in [0.1, 0.15) is 6.04 Å². The molecular weight excluding hydrogens is 288 g/mol. The van der Waals surface area contributed by atoms with Gasteiger partial charge in [0.05, 0.1) is 12.1 Å². The number of aryl methyl sites for hydroxylation is 3. The van der Waals surface area contributed by atoms with E-state index in [2.05, 4.69) is 5.32 Å². The van der Waals surface area contributed by atoms with E-state index >= 15 is 0 Å². The molecular formula is C19H20N2O2. The molecule has 2 aromatic rings. The first-order valence-electron chi connectivity index (χ1n) is 7.73. The van der Waals surface area contributed by atoms with Crippen molar-refractivity contribution >= 4 is 23.2 Å². The van der Waals surface area contributed by atoms with E-state index in [1.54, 1.807) is 0 Å². The van der Waals surface area contributed by atoms with Crippen molar-refractivity contribution in [1.82, 2.24) is 0 Å². The predicted molar refractivity (Wildman–Crippen MR) is 91.6 cm³/mol. The quantitative estimate of drug-likeness (QED) is 0.885. The molecule has 0 unspecified atom stereocenters. The number of hydrogen-bond acceptors (Lipinski definition) is 3. The molecule has 4 heteroatoms. The van der Waals surface area contributed by atoms with Gasteiger partial charge in [0.25, 0.3) is 5.91 Å². The minimum Gasteiger partial charge on any atom is -0.373 e. The lowest BCUT2D eigenvalue weighted by atomic mass is 10.1. The number of carbonyl (C=O) groups is 2. The lowest BCUT2D eigenvalue weighted by Crippen LogP contribution is -2.35. The number of carbonyl (C=O) groups excluding carboxylic acids is 2. The number of para-hydroxylation sites is 1. The maximum atomic E-state index is 12.7. The molecule has 1 heterocycles. The van der Waals surface area contributed by atoms with Crippen LogP contribution in [0.2, 0.25) is 0 Å². The second kappa shape index (κ2) is 5.88. The number of benzene rings is 2. The Morgan fingerprint density at radius 3 is 2.17 bits per heavy atom. The Bertz CT molecular complexity index is 745. The van der Waals surface area contributed by atoms with Crippen molar-refractivity contribution in [1.29, 1.82) is 0 Å². The number of anilines is 2. The van der Waals surface area contributed by atoms with Crippen LogP contribution >= 0.6 is 0 Å². The topological polar surface area (TPSA) is 49.4 Å². The Balaban J connectivity index is 1.87. The first kappa shape index (κ1) is 15.3. The van der Waals surface area contributed by atoms with Crippen molar-refractivity contribution in [2.75, 3.05) is 10.2 Å². The van der Waals surface area contributed by atoms with Gasteiger partial charge < -0.3 is 5.32 Å². The van der Waals surface area contributed by atoms with Crippen molar-refractivity contribution in [3.05, 3.63) is 59.2 Å². The van der Waals surface area contributed by atoms with Crippen LogP contribution in [-0.2, 0) is 9.59 Å². The SMILES string of the molecule is Cc1ccc(N[C@@H]2CC(=O)N(c3c(C)cccc3C)C2=O)cc1. The van der Waals surface area contributed by atoms with Crippen molar-refractivity contribution < 1.29 is 9.59 Å². The van der Waals surface area contributed by atoms with E-state index in [-0.39, 0.29) is 18.2 Å². The minimum atomic E-state index is -0.510. The third kappa shape index (κ3) is 2.84. The van der Waals surface area contributed by atoms with Crippen LogP contribution in [0, 0.1) is 20.8 Å². The summed E-state index contributed by atoms with van der Waals surface area (Å²) in [6, 6.07) is 13.1. The number of hydrogen-bond donors (Lipinski definition) is 1. The fourth-order valence-corrected chi connectivity index (χ4v) is 2.99. The lowest BCUT2D eigenvalue weighted by molar-refractivity contribution is -0.121. The van der Waals surface area contributed by atoms with E-state index < -0.39 is 6.04 Å². The zero-order valence-corrected chi connectivity index (χ0v) is 13.6. The maximum Gasteiger partial charge on any atom is 0.256 e. The van der Waals surface area contributed by atoms with Gasteiger partial charge in [-0.1, -0.05) is 35.9 Å². The normalized spacial score (nSPS) is 17.7. The molecule has 0 spiro atoms. The highest BCUT2D eigenvalue weighted by atomic mass is 16.2. The van der Waals surface area contributed by atoms with Crippen LogP contribution in [0.5, 0.6) is 0 Å². The molecule has 1 atom stereocenters. The molecule has 3 rings (SSSR count). The summed E-state index contributed by atoms with van der Waals surface area (Å²) in [5.41, 5.74) is 4.59. The molecule has 1 fully saturated rings. The summed E-state index contributed by atoms with van der Waals surface area (Å²) >= 11 is 0. The first-order valence-corrected chi connectivity index (χ1v) is 7.73. The largest absolute Gasteiger partial charge is 0.373 e. The van der Waals surface area contributed by atoms with Gasteiger partial charge in [0.2, 0.25) is 5.91 Å². The molecule has 0 aromatic heterocycles. The second-order valence-corrected chi connectivity index (χ2v) is 6.07. The van der Waals surface area contributed by atoms with E-state index in [0.29, 0.717) is 0 Å². The standard InChI is InChI=1S/C19H20N2O2/c1-12-7-9-15(10-8-12)20-16-11-17(22)21(19(16)23)18-13(2)5-4-6-14(18)3/h4-10,16,20H,11H2,1-3H3/t16-/m1/s1. The number of nitrogens with zero attached hydrogens (tertiary/aromatic N) is 1. The van der Waals surface area contributed by atoms with Crippen molar-refractivity contribution in [2.45, 2.75) is 33.2 Å². The third-order valence-corrected chi connectivity index (χ3v) is 4.20. The highest BCUT2D eigenvalue weighted by Crippen LogP contribution is 2.30. The summed E-state index contributed by atoms with van der Waals surface area (Å²) in [5, 5.41) is 3.17. The van der Waals surface area contributed by atoms with Gasteiger partial charge in [-0.3, -0.25) is 9.59 Å². The molecule has 23 heavy (non-hydrogen) atoms. The van der Waals surface area contributed by atoms with Crippen molar-refractivity contribution in [3.63, 3.8) is 0 Å². The Labute approximate surface area is 136 Å². The fourth-order valence-electron chi connectivity index (χ4n) is 2.99. The van der Waals surface area contributed by atoms with E-state index in [1.165, 1.54) is 4.90 Å². The van der Waals surface area contributed by atoms with Crippen molar-refractivity contribution in [2.24, 2.45) is 0 Å². The predicted octanol–water partition coefficient (Wildman–Crippen LogP) is 3.36. The van der Waals surface area contributed by atoms with Crippen LogP contribution in [0.4, 0.5) is 11.4 Å². The lowest BCUT2D eigenvalue weighted by Gasteiger charge is -2.20. The molecule has 1 saturated heterocycles. The third-order valence-electron chi connectivity index (χ3n) is 4.20. The van der Waals surface area contributed by atoms with Crippen LogP contribution in [0.3, 0.4) is 0 Å². The van der Waals surface area contributed by atoms with Gasteiger partial charge in [0, 0.05) is 5.69 Å². The zero-order valence-electron chi connectivity index (χ0n) is 13.6. The molecule has 118 valence electrons. The van der Waals surface area contributed by atoms with Gasteiger partial charge in [0.15, 0.2) is 0 Å². The average Bonchev–Trinajstić information content (AvgIpc) is 2.77. The summed E-state index contributed by atoms with van der Waals surface area (Å²) < 4.78 is 0. The van der Waals surface area contributed by atoms with Crippen LogP contribution in [0.25, 0.3) is 0 Å². The Morgan fingerprint density at radius 2 is 1.57 bits per heavy atom. The minimum absolute atomic E-state index is 0.156. The summed E-state index contributed by atoms with van der Waals surface area (Å²) in [7, 11) is 0. The molecule has 0 radical (unpaired) electrons. The Morgan fingerprint density at radius 1 is 0.957 bits per heavy atom. The van der Waals surface area contributed by atoms with Crippen LogP contribution in [0.1, 0.15) is 23.1 Å². The smallest absolute Gasteiger partial charge is 0.256 e. The van der Waals surface area contributed by atoms with E-state index in [4.69, 9.17) is 0 Å². The number of imide groups is 1. The summed E-state index contributed by atoms with van der Waals surface area (Å²) in [6.07, 6.45) is 0.181. The molecule has 1 aliphatic rings. The highest BCUT2D eigenvalue weighted by molar-refractivity contribution is 6.23. The molecule has 1 N–H and O–H groups in total. The average molecular weight is 308 g/mol. The van der Waals surface area contributed by atoms with Gasteiger partial charge in [-0.15, -0.1) is 0 Å². The van der Waals surface area contributed by atoms with Crippen LogP contribution in [-0.4, -0.2) is 17.9 Å². The van der Waals surface area contributed by atoms with Crippen LogP contribution < -0.4 is 10.2 Å². The Hall–Kier alpha value is -2.62. The molecule has 0 bridgehead atoms. The second-order valence-electron chi connectivity index (χ2n) is 6.07. The van der Waals surface area contributed by atoms with Gasteiger partial charge in [-0.25, -0.2) is 4.90 Å². The summed E-state index contributed by atoms with van der Waals surface area (Å²) in [6.45, 7) is 5.85. The molecule has 2 amide bonds. The maximum absolute atomic E-state index is 12.7. The molecule has 4 nitrogen and oxygen atoms in total. The number of nitrogens with one attached hydrogen (secondary N) is 1. The highest BCUT2D eigenvalue weighted by Gasteiger charge is 2.40. The monoisotopic (exact) mass is 308 g/mol. The molecule has 0 saturated carbocycles. The Kier molecular flexibility index (Phi) is 3.90.